The van der Waals surface area contributed by atoms with E-state index < -0.39 is 0 Å². The lowest BCUT2D eigenvalue weighted by Gasteiger charge is -2.35. The van der Waals surface area contributed by atoms with Crippen molar-refractivity contribution in [2.45, 2.75) is 13.8 Å². The van der Waals surface area contributed by atoms with Gasteiger partial charge in [0.2, 0.25) is 0 Å². The summed E-state index contributed by atoms with van der Waals surface area (Å²) in [7, 11) is 0. The van der Waals surface area contributed by atoms with Crippen LogP contribution >= 0.6 is 0 Å². The number of fused-ring (bicyclic) bond motifs is 1. The van der Waals surface area contributed by atoms with Gasteiger partial charge in [0.05, 0.1) is 5.56 Å². The summed E-state index contributed by atoms with van der Waals surface area (Å²) >= 11 is 0. The molecule has 0 spiro atoms. The molecule has 6 heteroatoms. The lowest BCUT2D eigenvalue weighted by atomic mass is 10.1. The van der Waals surface area contributed by atoms with Gasteiger partial charge in [0.25, 0.3) is 5.91 Å². The highest BCUT2D eigenvalue weighted by atomic mass is 16.2. The Kier molecular flexibility index (Phi) is 4.28. The van der Waals surface area contributed by atoms with Crippen LogP contribution in [0.2, 0.25) is 0 Å². The summed E-state index contributed by atoms with van der Waals surface area (Å²) in [5.41, 5.74) is 4.66. The highest BCUT2D eigenvalue weighted by Gasteiger charge is 2.24. The van der Waals surface area contributed by atoms with Crippen LogP contribution in [0.5, 0.6) is 0 Å². The molecule has 0 atom stereocenters. The third-order valence-corrected chi connectivity index (χ3v) is 5.33. The first-order valence-electron chi connectivity index (χ1n) is 9.07. The number of carbonyl (C=O) groups is 1. The largest absolute Gasteiger partial charge is 0.358 e. The lowest BCUT2D eigenvalue weighted by molar-refractivity contribution is 0.0746. The minimum absolute atomic E-state index is 0.0522. The molecule has 1 aliphatic rings. The number of hydrogen-bond acceptors (Lipinski definition) is 4. The number of aromatic nitrogens is 2. The van der Waals surface area contributed by atoms with Crippen LogP contribution in [0.1, 0.15) is 27.2 Å². The van der Waals surface area contributed by atoms with Gasteiger partial charge in [-0.15, -0.1) is 0 Å². The highest BCUT2D eigenvalue weighted by molar-refractivity contribution is 5.99. The van der Waals surface area contributed by atoms with Crippen LogP contribution in [-0.4, -0.2) is 47.0 Å². The summed E-state index contributed by atoms with van der Waals surface area (Å²) in [6.07, 6.45) is 1.70. The summed E-state index contributed by atoms with van der Waals surface area (Å²) in [5.74, 6) is 0.753. The summed E-state index contributed by atoms with van der Waals surface area (Å²) < 4.78 is 0. The maximum Gasteiger partial charge on any atom is 0.253 e. The molecule has 1 aromatic carbocycles. The number of nitriles is 1. The average molecular weight is 359 g/mol. The minimum Gasteiger partial charge on any atom is -0.358 e. The molecule has 0 saturated carbocycles. The standard InChI is InChI=1S/C21H21N5O/c1-14-15(2)24-19-6-5-16(12-18(14)19)21(27)26-10-8-25(9-11-26)20-17(13-22)4-3-7-23-20/h3-7,12,24H,8-11H2,1-2H3. The molecule has 6 nitrogen and oxygen atoms in total. The van der Waals surface area contributed by atoms with Gasteiger partial charge in [-0.3, -0.25) is 4.79 Å². The summed E-state index contributed by atoms with van der Waals surface area (Å²) in [6, 6.07) is 11.6. The molecule has 4 rings (SSSR count). The van der Waals surface area contributed by atoms with Gasteiger partial charge in [0, 0.05) is 54.5 Å². The number of nitrogens with zero attached hydrogens (tertiary/aromatic N) is 4. The van der Waals surface area contributed by atoms with Crippen molar-refractivity contribution in [2.75, 3.05) is 31.1 Å². The molecular weight excluding hydrogens is 338 g/mol. The van der Waals surface area contributed by atoms with E-state index in [4.69, 9.17) is 0 Å². The van der Waals surface area contributed by atoms with E-state index in [9.17, 15) is 10.1 Å². The predicted molar refractivity (Wildman–Crippen MR) is 105 cm³/mol. The molecule has 1 fully saturated rings. The van der Waals surface area contributed by atoms with Crippen molar-refractivity contribution in [1.82, 2.24) is 14.9 Å². The number of amides is 1. The first-order chi connectivity index (χ1) is 13.1. The summed E-state index contributed by atoms with van der Waals surface area (Å²) in [5, 5.41) is 10.4. The molecule has 0 bridgehead atoms. The molecule has 1 amide bonds. The van der Waals surface area contributed by atoms with Crippen LogP contribution in [-0.2, 0) is 0 Å². The Bertz CT molecular complexity index is 1050. The maximum absolute atomic E-state index is 13.0. The van der Waals surface area contributed by atoms with E-state index >= 15 is 0 Å². The fourth-order valence-electron chi connectivity index (χ4n) is 3.63. The Morgan fingerprint density at radius 2 is 1.96 bits per heavy atom. The van der Waals surface area contributed by atoms with Gasteiger partial charge < -0.3 is 14.8 Å². The highest BCUT2D eigenvalue weighted by Crippen LogP contribution is 2.24. The Hall–Kier alpha value is -3.33. The van der Waals surface area contributed by atoms with Crippen LogP contribution in [0, 0.1) is 25.2 Å². The van der Waals surface area contributed by atoms with Crippen molar-refractivity contribution in [3.05, 3.63) is 58.9 Å². The van der Waals surface area contributed by atoms with E-state index in [0.717, 1.165) is 16.6 Å². The van der Waals surface area contributed by atoms with Crippen LogP contribution in [0.4, 0.5) is 5.82 Å². The number of H-pyrrole nitrogens is 1. The van der Waals surface area contributed by atoms with Gasteiger partial charge in [-0.2, -0.15) is 5.26 Å². The molecule has 3 aromatic rings. The number of aromatic amines is 1. The van der Waals surface area contributed by atoms with Crippen LogP contribution in [0.25, 0.3) is 10.9 Å². The summed E-state index contributed by atoms with van der Waals surface area (Å²) in [4.78, 5) is 24.6. The zero-order valence-electron chi connectivity index (χ0n) is 15.5. The molecule has 1 saturated heterocycles. The Balaban J connectivity index is 1.50. The molecule has 0 aliphatic carbocycles. The number of benzene rings is 1. The maximum atomic E-state index is 13.0. The van der Waals surface area contributed by atoms with Crippen molar-refractivity contribution in [2.24, 2.45) is 0 Å². The summed E-state index contributed by atoms with van der Waals surface area (Å²) in [6.45, 7) is 6.68. The molecule has 136 valence electrons. The third-order valence-electron chi connectivity index (χ3n) is 5.33. The normalized spacial score (nSPS) is 14.4. The average Bonchev–Trinajstić information content (AvgIpc) is 3.01. The van der Waals surface area contributed by atoms with E-state index in [0.29, 0.717) is 43.1 Å². The lowest BCUT2D eigenvalue weighted by Crippen LogP contribution is -2.49. The number of pyridine rings is 1. The first kappa shape index (κ1) is 17.1. The van der Waals surface area contributed by atoms with E-state index in [-0.39, 0.29) is 5.91 Å². The zero-order valence-corrected chi connectivity index (χ0v) is 15.5. The van der Waals surface area contributed by atoms with Crippen molar-refractivity contribution >= 4 is 22.6 Å². The van der Waals surface area contributed by atoms with Gasteiger partial charge in [-0.1, -0.05) is 0 Å². The Morgan fingerprint density at radius 1 is 1.19 bits per heavy atom. The second-order valence-corrected chi connectivity index (χ2v) is 6.90. The second kappa shape index (κ2) is 6.76. The molecule has 2 aromatic heterocycles. The third kappa shape index (κ3) is 3.02. The molecule has 27 heavy (non-hydrogen) atoms. The van der Waals surface area contributed by atoms with Crippen molar-refractivity contribution in [3.8, 4) is 6.07 Å². The van der Waals surface area contributed by atoms with Gasteiger partial charge in [0.1, 0.15) is 11.9 Å². The van der Waals surface area contributed by atoms with Crippen molar-refractivity contribution in [1.29, 1.82) is 5.26 Å². The predicted octanol–water partition coefficient (Wildman–Crippen LogP) is 3.01. The van der Waals surface area contributed by atoms with E-state index in [1.165, 1.54) is 5.56 Å². The molecule has 0 unspecified atom stereocenters. The SMILES string of the molecule is Cc1[nH]c2ccc(C(=O)N3CCN(c4ncccc4C#N)CC3)cc2c1C. The number of rotatable bonds is 2. The number of anilines is 1. The van der Waals surface area contributed by atoms with Gasteiger partial charge in [-0.25, -0.2) is 4.98 Å². The van der Waals surface area contributed by atoms with Crippen molar-refractivity contribution in [3.63, 3.8) is 0 Å². The number of piperazine rings is 1. The number of hydrogen-bond donors (Lipinski definition) is 1. The van der Waals surface area contributed by atoms with Gasteiger partial charge in [0.15, 0.2) is 0 Å². The molecular formula is C21H21N5O. The van der Waals surface area contributed by atoms with E-state index in [1.807, 2.05) is 30.0 Å². The van der Waals surface area contributed by atoms with Gasteiger partial charge >= 0.3 is 0 Å². The van der Waals surface area contributed by atoms with Gasteiger partial charge in [-0.05, 0) is 49.7 Å². The molecule has 1 aliphatic heterocycles. The fraction of sp³-hybridized carbons (Fsp3) is 0.286. The van der Waals surface area contributed by atoms with E-state index in [2.05, 4.69) is 27.9 Å². The molecule has 1 N–H and O–H groups in total. The monoisotopic (exact) mass is 359 g/mol. The fourth-order valence-corrected chi connectivity index (χ4v) is 3.63. The smallest absolute Gasteiger partial charge is 0.253 e. The Morgan fingerprint density at radius 3 is 2.70 bits per heavy atom. The van der Waals surface area contributed by atoms with E-state index in [1.54, 1.807) is 18.3 Å². The first-order valence-corrected chi connectivity index (χ1v) is 9.07. The number of carbonyl (C=O) groups excluding carboxylic acids is 1. The van der Waals surface area contributed by atoms with Crippen LogP contribution in [0.15, 0.2) is 36.5 Å². The molecule has 0 radical (unpaired) electrons. The quantitative estimate of drug-likeness (QED) is 0.763. The number of nitrogens with one attached hydrogen (secondary N) is 1. The van der Waals surface area contributed by atoms with Crippen LogP contribution in [0.3, 0.4) is 0 Å². The topological polar surface area (TPSA) is 76.0 Å². The second-order valence-electron chi connectivity index (χ2n) is 6.90. The Labute approximate surface area is 158 Å². The number of aryl methyl sites for hydroxylation is 2. The van der Waals surface area contributed by atoms with Crippen molar-refractivity contribution < 1.29 is 4.79 Å². The van der Waals surface area contributed by atoms with Crippen LogP contribution < -0.4 is 4.90 Å². The molecule has 3 heterocycles. The minimum atomic E-state index is 0.0522. The zero-order chi connectivity index (χ0) is 19.0.